The molecule has 1 heteroatoms. The molecule has 0 N–H and O–H groups in total. The zero-order chi connectivity index (χ0) is 10.9. The summed E-state index contributed by atoms with van der Waals surface area (Å²) in [4.78, 5) is 0. The molecule has 0 saturated heterocycles. The van der Waals surface area contributed by atoms with Crippen molar-refractivity contribution in [3.8, 4) is 0 Å². The van der Waals surface area contributed by atoms with Crippen molar-refractivity contribution < 1.29 is 26.1 Å². The van der Waals surface area contributed by atoms with Crippen LogP contribution >= 0.6 is 0 Å². The molecule has 0 radical (unpaired) electrons. The minimum atomic E-state index is -0.443. The molecule has 2 rings (SSSR count). The van der Waals surface area contributed by atoms with Crippen LogP contribution in [0.4, 0.5) is 0 Å². The second kappa shape index (κ2) is 4.38. The first kappa shape index (κ1) is 11.3. The molecular formula is C14H20Zr-2. The van der Waals surface area contributed by atoms with E-state index in [9.17, 15) is 0 Å². The first-order valence-corrected chi connectivity index (χ1v) is 8.06. The van der Waals surface area contributed by atoms with Crippen molar-refractivity contribution >= 4 is 0 Å². The summed E-state index contributed by atoms with van der Waals surface area (Å²) in [5.74, 6) is 0. The van der Waals surface area contributed by atoms with Crippen LogP contribution in [0.2, 0.25) is 0 Å². The van der Waals surface area contributed by atoms with Crippen LogP contribution in [0.1, 0.15) is 36.5 Å². The molecule has 0 aromatic carbocycles. The molecule has 0 unspecified atom stereocenters. The van der Waals surface area contributed by atoms with Gasteiger partial charge in [0.1, 0.15) is 0 Å². The van der Waals surface area contributed by atoms with Crippen LogP contribution in [0, 0.1) is 5.41 Å². The van der Waals surface area contributed by atoms with E-state index in [0.717, 1.165) is 0 Å². The molecule has 0 amide bonds. The van der Waals surface area contributed by atoms with Gasteiger partial charge in [-0.2, -0.15) is 0 Å². The third-order valence-corrected chi connectivity index (χ3v) is 6.43. The third kappa shape index (κ3) is 2.69. The second-order valence-electron chi connectivity index (χ2n) is 5.20. The molecule has 15 heavy (non-hydrogen) atoms. The SMILES string of the molecule is CC(C)(C)C1=[C]([Zr][C]2=CC=CC2)CC=C1.[H-].[H-]. The number of hydrogen-bond acceptors (Lipinski definition) is 0. The van der Waals surface area contributed by atoms with Gasteiger partial charge in [0.2, 0.25) is 0 Å². The summed E-state index contributed by atoms with van der Waals surface area (Å²) in [5.41, 5.74) is 1.97. The summed E-state index contributed by atoms with van der Waals surface area (Å²) in [7, 11) is 0. The van der Waals surface area contributed by atoms with Crippen LogP contribution < -0.4 is 0 Å². The van der Waals surface area contributed by atoms with Gasteiger partial charge < -0.3 is 2.85 Å². The molecule has 82 valence electrons. The Hall–Kier alpha value is -0.157. The number of allylic oxidation sites excluding steroid dienone is 8. The topological polar surface area (TPSA) is 0 Å². The minimum Gasteiger partial charge on any atom is -1.00 e. The standard InChI is InChI=1S/C9H13.C5H5.Zr.2H/c1-9(2,3)8-6-4-5-7-8;1-2-4-5-3-1;;;/h4,6H,5H2,1-3H3;1-3H,4H2;;;/q;;;2*-1. The predicted molar refractivity (Wildman–Crippen MR) is 64.3 cm³/mol. The quantitative estimate of drug-likeness (QED) is 0.703. The smallest absolute Gasteiger partial charge is 1.00 e. The molecule has 0 spiro atoms. The van der Waals surface area contributed by atoms with Gasteiger partial charge in [0.05, 0.1) is 0 Å². The second-order valence-corrected chi connectivity index (χ2v) is 8.87. The average molecular weight is 280 g/mol. The summed E-state index contributed by atoms with van der Waals surface area (Å²) < 4.78 is 3.53. The Kier molecular flexibility index (Phi) is 3.31. The Morgan fingerprint density at radius 2 is 2.00 bits per heavy atom. The molecule has 0 aromatic rings. The van der Waals surface area contributed by atoms with Crippen molar-refractivity contribution in [2.45, 2.75) is 33.6 Å². The van der Waals surface area contributed by atoms with Gasteiger partial charge in [-0.1, -0.05) is 0 Å². The molecule has 0 atom stereocenters. The largest absolute Gasteiger partial charge is 1.00 e. The molecule has 2 aliphatic carbocycles. The van der Waals surface area contributed by atoms with Crippen molar-refractivity contribution in [2.75, 3.05) is 0 Å². The van der Waals surface area contributed by atoms with Gasteiger partial charge in [-0.3, -0.25) is 0 Å². The van der Waals surface area contributed by atoms with E-state index in [1.165, 1.54) is 12.8 Å². The van der Waals surface area contributed by atoms with E-state index >= 15 is 0 Å². The fraction of sp³-hybridized carbons (Fsp3) is 0.429. The Bertz CT molecular complexity index is 382. The van der Waals surface area contributed by atoms with Crippen molar-refractivity contribution in [3.05, 3.63) is 42.5 Å². The summed E-state index contributed by atoms with van der Waals surface area (Å²) in [6, 6.07) is 0. The summed E-state index contributed by atoms with van der Waals surface area (Å²) >= 11 is -0.443. The molecular weight excluding hydrogens is 259 g/mol. The van der Waals surface area contributed by atoms with Crippen molar-refractivity contribution in [1.82, 2.24) is 0 Å². The average Bonchev–Trinajstić information content (AvgIpc) is 2.73. The summed E-state index contributed by atoms with van der Waals surface area (Å²) in [5, 5.41) is 0. The fourth-order valence-corrected chi connectivity index (χ4v) is 5.99. The molecule has 0 heterocycles. The minimum absolute atomic E-state index is 0. The van der Waals surface area contributed by atoms with Crippen molar-refractivity contribution in [3.63, 3.8) is 0 Å². The van der Waals surface area contributed by atoms with Gasteiger partial charge >= 0.3 is 105 Å². The van der Waals surface area contributed by atoms with E-state index in [1.54, 1.807) is 12.1 Å². The van der Waals surface area contributed by atoms with E-state index in [1.807, 2.05) is 0 Å². The molecule has 0 nitrogen and oxygen atoms in total. The molecule has 0 aromatic heterocycles. The predicted octanol–water partition coefficient (Wildman–Crippen LogP) is 4.40. The van der Waals surface area contributed by atoms with Gasteiger partial charge in [0.25, 0.3) is 0 Å². The first-order chi connectivity index (χ1) is 7.07. The maximum absolute atomic E-state index is 2.36. The molecule has 0 fully saturated rings. The summed E-state index contributed by atoms with van der Waals surface area (Å²) in [6.45, 7) is 7.00. The maximum atomic E-state index is 2.36. The van der Waals surface area contributed by atoms with Crippen molar-refractivity contribution in [2.24, 2.45) is 5.41 Å². The Morgan fingerprint density at radius 3 is 2.60 bits per heavy atom. The van der Waals surface area contributed by atoms with Gasteiger partial charge in [0, 0.05) is 0 Å². The van der Waals surface area contributed by atoms with E-state index in [0.29, 0.717) is 5.41 Å². The Morgan fingerprint density at radius 1 is 1.20 bits per heavy atom. The molecule has 2 aliphatic rings. The molecule has 0 bridgehead atoms. The van der Waals surface area contributed by atoms with Crippen LogP contribution in [0.5, 0.6) is 0 Å². The monoisotopic (exact) mass is 278 g/mol. The fourth-order valence-electron chi connectivity index (χ4n) is 2.06. The van der Waals surface area contributed by atoms with Gasteiger partial charge in [-0.15, -0.1) is 0 Å². The maximum Gasteiger partial charge on any atom is -1.00 e. The zero-order valence-corrected chi connectivity index (χ0v) is 12.3. The third-order valence-electron chi connectivity index (χ3n) is 2.82. The van der Waals surface area contributed by atoms with Gasteiger partial charge in [0.15, 0.2) is 0 Å². The van der Waals surface area contributed by atoms with Crippen molar-refractivity contribution in [1.29, 1.82) is 0 Å². The number of rotatable bonds is 2. The van der Waals surface area contributed by atoms with Crippen LogP contribution in [-0.2, 0) is 23.2 Å². The summed E-state index contributed by atoms with van der Waals surface area (Å²) in [6.07, 6.45) is 14.0. The number of hydrogen-bond donors (Lipinski definition) is 0. The van der Waals surface area contributed by atoms with E-state index < -0.39 is 23.2 Å². The van der Waals surface area contributed by atoms with Crippen LogP contribution in [0.25, 0.3) is 0 Å². The van der Waals surface area contributed by atoms with Gasteiger partial charge in [-0.05, 0) is 0 Å². The van der Waals surface area contributed by atoms with Crippen LogP contribution in [0.15, 0.2) is 42.5 Å². The van der Waals surface area contributed by atoms with E-state index in [4.69, 9.17) is 0 Å². The zero-order valence-electron chi connectivity index (χ0n) is 11.8. The Labute approximate surface area is 107 Å². The normalized spacial score (nSPS) is 20.1. The van der Waals surface area contributed by atoms with E-state index in [2.05, 4.69) is 51.2 Å². The van der Waals surface area contributed by atoms with Crippen LogP contribution in [-0.4, -0.2) is 0 Å². The van der Waals surface area contributed by atoms with Crippen LogP contribution in [0.3, 0.4) is 0 Å². The van der Waals surface area contributed by atoms with E-state index in [-0.39, 0.29) is 2.85 Å². The molecule has 0 saturated carbocycles. The van der Waals surface area contributed by atoms with Gasteiger partial charge in [-0.25, -0.2) is 0 Å². The molecule has 0 aliphatic heterocycles. The Balaban J connectivity index is 0.00000128. The first-order valence-electron chi connectivity index (χ1n) is 5.60.